The van der Waals surface area contributed by atoms with Gasteiger partial charge in [0.05, 0.1) is 5.01 Å². The second-order valence-corrected chi connectivity index (χ2v) is 5.76. The molecule has 17 heavy (non-hydrogen) atoms. The van der Waals surface area contributed by atoms with Gasteiger partial charge < -0.3 is 5.32 Å². The standard InChI is InChI=1S/C13H15ClN2S/c1-9(11-4-3-5-12(14)6-11)15-7-13-8-16-10(2)17-13/h3-6,8-9,15H,7H2,1-2H3/t9-/m1/s1. The molecule has 0 unspecified atom stereocenters. The molecule has 0 fully saturated rings. The first-order valence-electron chi connectivity index (χ1n) is 5.55. The number of nitrogens with zero attached hydrogens (tertiary/aromatic N) is 1. The zero-order valence-electron chi connectivity index (χ0n) is 9.90. The molecule has 0 amide bonds. The van der Waals surface area contributed by atoms with E-state index in [9.17, 15) is 0 Å². The van der Waals surface area contributed by atoms with Crippen LogP contribution in [0.5, 0.6) is 0 Å². The van der Waals surface area contributed by atoms with Crippen molar-refractivity contribution in [3.63, 3.8) is 0 Å². The van der Waals surface area contributed by atoms with Crippen molar-refractivity contribution in [2.45, 2.75) is 26.4 Å². The fourth-order valence-corrected chi connectivity index (χ4v) is 2.58. The Morgan fingerprint density at radius 2 is 2.29 bits per heavy atom. The smallest absolute Gasteiger partial charge is 0.0897 e. The maximum atomic E-state index is 5.97. The molecule has 90 valence electrons. The number of rotatable bonds is 4. The second kappa shape index (κ2) is 5.63. The fraction of sp³-hybridized carbons (Fsp3) is 0.308. The van der Waals surface area contributed by atoms with Gasteiger partial charge in [0.2, 0.25) is 0 Å². The molecule has 0 saturated heterocycles. The van der Waals surface area contributed by atoms with Crippen LogP contribution in [0.4, 0.5) is 0 Å². The average molecular weight is 267 g/mol. The highest BCUT2D eigenvalue weighted by Crippen LogP contribution is 2.18. The van der Waals surface area contributed by atoms with Crippen molar-refractivity contribution in [3.8, 4) is 0 Å². The SMILES string of the molecule is Cc1ncc(CN[C@H](C)c2cccc(Cl)c2)s1. The van der Waals surface area contributed by atoms with Crippen LogP contribution in [-0.4, -0.2) is 4.98 Å². The summed E-state index contributed by atoms with van der Waals surface area (Å²) in [6.45, 7) is 5.01. The highest BCUT2D eigenvalue weighted by atomic mass is 35.5. The molecule has 4 heteroatoms. The van der Waals surface area contributed by atoms with Crippen molar-refractivity contribution >= 4 is 22.9 Å². The Kier molecular flexibility index (Phi) is 4.15. The molecule has 0 saturated carbocycles. The zero-order valence-corrected chi connectivity index (χ0v) is 11.5. The Balaban J connectivity index is 1.95. The predicted octanol–water partition coefficient (Wildman–Crippen LogP) is 3.96. The first kappa shape index (κ1) is 12.6. The molecule has 0 aliphatic carbocycles. The highest BCUT2D eigenvalue weighted by Gasteiger charge is 2.06. The zero-order chi connectivity index (χ0) is 12.3. The van der Waals surface area contributed by atoms with Crippen LogP contribution in [0.1, 0.15) is 28.4 Å². The van der Waals surface area contributed by atoms with Crippen molar-refractivity contribution in [1.29, 1.82) is 0 Å². The monoisotopic (exact) mass is 266 g/mol. The van der Waals surface area contributed by atoms with Gasteiger partial charge in [-0.15, -0.1) is 11.3 Å². The van der Waals surface area contributed by atoms with Crippen molar-refractivity contribution in [1.82, 2.24) is 10.3 Å². The predicted molar refractivity (Wildman–Crippen MR) is 73.6 cm³/mol. The minimum atomic E-state index is 0.288. The molecule has 1 N–H and O–H groups in total. The van der Waals surface area contributed by atoms with Gasteiger partial charge in [-0.2, -0.15) is 0 Å². The number of aromatic nitrogens is 1. The van der Waals surface area contributed by atoms with Crippen molar-refractivity contribution < 1.29 is 0 Å². The van der Waals surface area contributed by atoms with E-state index in [1.807, 2.05) is 31.3 Å². The van der Waals surface area contributed by atoms with Gasteiger partial charge in [-0.1, -0.05) is 23.7 Å². The van der Waals surface area contributed by atoms with Gasteiger partial charge >= 0.3 is 0 Å². The Bertz CT molecular complexity index is 496. The van der Waals surface area contributed by atoms with E-state index in [1.54, 1.807) is 11.3 Å². The van der Waals surface area contributed by atoms with Crippen LogP contribution in [0.2, 0.25) is 5.02 Å². The summed E-state index contributed by atoms with van der Waals surface area (Å²) in [7, 11) is 0. The summed E-state index contributed by atoms with van der Waals surface area (Å²) in [4.78, 5) is 5.50. The molecule has 0 aliphatic rings. The average Bonchev–Trinajstić information content (AvgIpc) is 2.72. The van der Waals surface area contributed by atoms with E-state index in [0.717, 1.165) is 16.6 Å². The number of benzene rings is 1. The summed E-state index contributed by atoms with van der Waals surface area (Å²) in [5.41, 5.74) is 1.21. The van der Waals surface area contributed by atoms with Crippen LogP contribution in [0.3, 0.4) is 0 Å². The van der Waals surface area contributed by atoms with Gasteiger partial charge in [0.25, 0.3) is 0 Å². The molecule has 1 aromatic heterocycles. The molecular weight excluding hydrogens is 252 g/mol. The van der Waals surface area contributed by atoms with Gasteiger partial charge in [-0.05, 0) is 31.5 Å². The summed E-state index contributed by atoms with van der Waals surface area (Å²) < 4.78 is 0. The summed E-state index contributed by atoms with van der Waals surface area (Å²) in [5.74, 6) is 0. The third-order valence-corrected chi connectivity index (χ3v) is 3.75. The van der Waals surface area contributed by atoms with Crippen LogP contribution in [-0.2, 0) is 6.54 Å². The van der Waals surface area contributed by atoms with Crippen LogP contribution in [0.15, 0.2) is 30.5 Å². The third-order valence-electron chi connectivity index (χ3n) is 2.60. The largest absolute Gasteiger partial charge is 0.305 e. The molecule has 0 spiro atoms. The van der Waals surface area contributed by atoms with E-state index >= 15 is 0 Å². The molecule has 0 bridgehead atoms. The quantitative estimate of drug-likeness (QED) is 0.906. The number of thiazole rings is 1. The highest BCUT2D eigenvalue weighted by molar-refractivity contribution is 7.11. The minimum absolute atomic E-state index is 0.288. The molecule has 0 radical (unpaired) electrons. The van der Waals surface area contributed by atoms with Gasteiger partial charge in [-0.25, -0.2) is 4.98 Å². The van der Waals surface area contributed by atoms with E-state index in [-0.39, 0.29) is 6.04 Å². The Hall–Kier alpha value is -0.900. The lowest BCUT2D eigenvalue weighted by Gasteiger charge is -2.13. The Morgan fingerprint density at radius 3 is 2.94 bits per heavy atom. The van der Waals surface area contributed by atoms with E-state index in [0.29, 0.717) is 0 Å². The maximum absolute atomic E-state index is 5.97. The topological polar surface area (TPSA) is 24.9 Å². The van der Waals surface area contributed by atoms with Gasteiger partial charge in [-0.3, -0.25) is 0 Å². The van der Waals surface area contributed by atoms with Crippen LogP contribution in [0, 0.1) is 6.92 Å². The van der Waals surface area contributed by atoms with Gasteiger partial charge in [0, 0.05) is 28.7 Å². The second-order valence-electron chi connectivity index (χ2n) is 4.00. The van der Waals surface area contributed by atoms with Crippen LogP contribution >= 0.6 is 22.9 Å². The fourth-order valence-electron chi connectivity index (χ4n) is 1.63. The first-order chi connectivity index (χ1) is 8.15. The van der Waals surface area contributed by atoms with Crippen molar-refractivity contribution in [2.75, 3.05) is 0 Å². The maximum Gasteiger partial charge on any atom is 0.0897 e. The number of hydrogen-bond donors (Lipinski definition) is 1. The molecule has 2 nitrogen and oxygen atoms in total. The van der Waals surface area contributed by atoms with Crippen molar-refractivity contribution in [3.05, 3.63) is 50.9 Å². The van der Waals surface area contributed by atoms with Crippen LogP contribution < -0.4 is 5.32 Å². The number of halogens is 1. The molecule has 2 aromatic rings. The lowest BCUT2D eigenvalue weighted by molar-refractivity contribution is 0.578. The molecule has 1 atom stereocenters. The molecular formula is C13H15ClN2S. The summed E-state index contributed by atoms with van der Waals surface area (Å²) in [6.07, 6.45) is 1.93. The summed E-state index contributed by atoms with van der Waals surface area (Å²) in [5, 5.41) is 5.36. The van der Waals surface area contributed by atoms with Crippen LogP contribution in [0.25, 0.3) is 0 Å². The number of hydrogen-bond acceptors (Lipinski definition) is 3. The van der Waals surface area contributed by atoms with Gasteiger partial charge in [0.15, 0.2) is 0 Å². The lowest BCUT2D eigenvalue weighted by Crippen LogP contribution is -2.17. The number of nitrogens with one attached hydrogen (secondary N) is 1. The first-order valence-corrected chi connectivity index (χ1v) is 6.75. The van der Waals surface area contributed by atoms with E-state index < -0.39 is 0 Å². The van der Waals surface area contributed by atoms with Gasteiger partial charge in [0.1, 0.15) is 0 Å². The van der Waals surface area contributed by atoms with E-state index in [4.69, 9.17) is 11.6 Å². The van der Waals surface area contributed by atoms with E-state index in [2.05, 4.69) is 23.3 Å². The molecule has 0 aliphatic heterocycles. The summed E-state index contributed by atoms with van der Waals surface area (Å²) in [6, 6.07) is 8.24. The molecule has 1 heterocycles. The molecule has 2 rings (SSSR count). The van der Waals surface area contributed by atoms with Crippen molar-refractivity contribution in [2.24, 2.45) is 0 Å². The summed E-state index contributed by atoms with van der Waals surface area (Å²) >= 11 is 7.70. The lowest BCUT2D eigenvalue weighted by atomic mass is 10.1. The Labute approximate surface area is 111 Å². The molecule has 1 aromatic carbocycles. The third kappa shape index (κ3) is 3.53. The van der Waals surface area contributed by atoms with E-state index in [1.165, 1.54) is 10.4 Å². The minimum Gasteiger partial charge on any atom is -0.305 e. The normalized spacial score (nSPS) is 12.6. The Morgan fingerprint density at radius 1 is 1.47 bits per heavy atom. The number of aryl methyl sites for hydroxylation is 1.